The highest BCUT2D eigenvalue weighted by atomic mass is 32.1. The molecular weight excluding hydrogens is 232 g/mol. The number of hydrogen-bond donors (Lipinski definition) is 1. The van der Waals surface area contributed by atoms with E-state index in [1.165, 1.54) is 0 Å². The number of amides is 1. The number of nitrogens with one attached hydrogen (secondary N) is 1. The summed E-state index contributed by atoms with van der Waals surface area (Å²) in [6, 6.07) is 4.00. The molecule has 2 rings (SSSR count). The van der Waals surface area contributed by atoms with Gasteiger partial charge in [-0.2, -0.15) is 0 Å². The predicted molar refractivity (Wildman–Crippen MR) is 72.6 cm³/mol. The van der Waals surface area contributed by atoms with Gasteiger partial charge >= 0.3 is 0 Å². The van der Waals surface area contributed by atoms with Gasteiger partial charge in [0.1, 0.15) is 5.69 Å². The van der Waals surface area contributed by atoms with Crippen LogP contribution in [0.2, 0.25) is 0 Å². The lowest BCUT2D eigenvalue weighted by molar-refractivity contribution is 0.0947. The van der Waals surface area contributed by atoms with Crippen molar-refractivity contribution >= 4 is 27.5 Å². The maximum atomic E-state index is 12.0. The van der Waals surface area contributed by atoms with Crippen molar-refractivity contribution < 1.29 is 4.79 Å². The van der Waals surface area contributed by atoms with Gasteiger partial charge in [0.05, 0.1) is 10.2 Å². The molecule has 2 heterocycles. The number of fused-ring (bicyclic) bond motifs is 1. The molecule has 0 aliphatic rings. The normalized spacial score (nSPS) is 10.7. The summed E-state index contributed by atoms with van der Waals surface area (Å²) in [6.45, 7) is 9.14. The van der Waals surface area contributed by atoms with Gasteiger partial charge in [0.2, 0.25) is 0 Å². The predicted octanol–water partition coefficient (Wildman–Crippen LogP) is 3.03. The Morgan fingerprint density at radius 3 is 3.00 bits per heavy atom. The maximum absolute atomic E-state index is 12.0. The minimum absolute atomic E-state index is 0.0165. The average Bonchev–Trinajstić information content (AvgIpc) is 2.80. The van der Waals surface area contributed by atoms with Crippen LogP contribution >= 0.6 is 11.3 Å². The minimum atomic E-state index is -0.0165. The SMILES string of the molecule is C=C(C)Cn1c(C(=O)NCC)cc2sccc21. The summed E-state index contributed by atoms with van der Waals surface area (Å²) in [5.41, 5.74) is 2.87. The number of rotatable bonds is 4. The first kappa shape index (κ1) is 11.9. The molecular formula is C13H16N2OS. The summed E-state index contributed by atoms with van der Waals surface area (Å²) >= 11 is 1.65. The van der Waals surface area contributed by atoms with Crippen LogP contribution in [-0.4, -0.2) is 17.0 Å². The molecule has 0 saturated heterocycles. The van der Waals surface area contributed by atoms with Crippen molar-refractivity contribution in [3.8, 4) is 0 Å². The fourth-order valence-corrected chi connectivity index (χ4v) is 2.68. The van der Waals surface area contributed by atoms with E-state index in [2.05, 4.69) is 11.9 Å². The van der Waals surface area contributed by atoms with Gasteiger partial charge in [-0.05, 0) is 31.4 Å². The number of carbonyl (C=O) groups is 1. The first-order valence-corrected chi connectivity index (χ1v) is 6.50. The van der Waals surface area contributed by atoms with Crippen LogP contribution in [0.25, 0.3) is 10.2 Å². The van der Waals surface area contributed by atoms with Crippen LogP contribution in [0.1, 0.15) is 24.3 Å². The van der Waals surface area contributed by atoms with Gasteiger partial charge in [0.25, 0.3) is 5.91 Å². The lowest BCUT2D eigenvalue weighted by atomic mass is 10.3. The second-order valence-electron chi connectivity index (χ2n) is 4.10. The number of hydrogen-bond acceptors (Lipinski definition) is 2. The Kier molecular flexibility index (Phi) is 3.33. The monoisotopic (exact) mass is 248 g/mol. The van der Waals surface area contributed by atoms with Gasteiger partial charge in [0, 0.05) is 13.1 Å². The largest absolute Gasteiger partial charge is 0.351 e. The molecule has 0 atom stereocenters. The third-order valence-corrected chi connectivity index (χ3v) is 3.37. The van der Waals surface area contributed by atoms with Gasteiger partial charge in [0.15, 0.2) is 0 Å². The minimum Gasteiger partial charge on any atom is -0.351 e. The lowest BCUT2D eigenvalue weighted by Crippen LogP contribution is -2.25. The van der Waals surface area contributed by atoms with E-state index in [0.717, 1.165) is 21.5 Å². The molecule has 0 spiro atoms. The average molecular weight is 248 g/mol. The van der Waals surface area contributed by atoms with Crippen molar-refractivity contribution in [1.82, 2.24) is 9.88 Å². The molecule has 90 valence electrons. The molecule has 3 nitrogen and oxygen atoms in total. The number of allylic oxidation sites excluding steroid dienone is 1. The number of aromatic nitrogens is 1. The Morgan fingerprint density at radius 1 is 1.59 bits per heavy atom. The zero-order valence-electron chi connectivity index (χ0n) is 10.1. The highest BCUT2D eigenvalue weighted by Gasteiger charge is 2.15. The summed E-state index contributed by atoms with van der Waals surface area (Å²) in [7, 11) is 0. The molecule has 0 aliphatic heterocycles. The standard InChI is InChI=1S/C13H16N2OS/c1-4-14-13(16)11-7-12-10(5-6-17-12)15(11)8-9(2)3/h5-7H,2,4,8H2,1,3H3,(H,14,16). The van der Waals surface area contributed by atoms with Gasteiger partial charge in [-0.25, -0.2) is 0 Å². The van der Waals surface area contributed by atoms with E-state index < -0.39 is 0 Å². The molecule has 0 saturated carbocycles. The zero-order valence-corrected chi connectivity index (χ0v) is 10.9. The summed E-state index contributed by atoms with van der Waals surface area (Å²) in [6.07, 6.45) is 0. The molecule has 0 fully saturated rings. The first-order chi connectivity index (χ1) is 8.13. The summed E-state index contributed by atoms with van der Waals surface area (Å²) in [5, 5.41) is 4.88. The molecule has 2 aromatic rings. The zero-order chi connectivity index (χ0) is 12.4. The van der Waals surface area contributed by atoms with Crippen LogP contribution in [0, 0.1) is 0 Å². The molecule has 0 bridgehead atoms. The molecule has 4 heteroatoms. The van der Waals surface area contributed by atoms with E-state index in [0.29, 0.717) is 13.1 Å². The van der Waals surface area contributed by atoms with Crippen LogP contribution in [0.4, 0.5) is 0 Å². The summed E-state index contributed by atoms with van der Waals surface area (Å²) < 4.78 is 3.17. The van der Waals surface area contributed by atoms with E-state index in [1.807, 2.05) is 35.9 Å². The van der Waals surface area contributed by atoms with Crippen molar-refractivity contribution in [1.29, 1.82) is 0 Å². The molecule has 0 radical (unpaired) electrons. The smallest absolute Gasteiger partial charge is 0.267 e. The fourth-order valence-electron chi connectivity index (χ4n) is 1.86. The fraction of sp³-hybridized carbons (Fsp3) is 0.308. The number of carbonyl (C=O) groups excluding carboxylic acids is 1. The van der Waals surface area contributed by atoms with Crippen molar-refractivity contribution in [2.45, 2.75) is 20.4 Å². The third-order valence-electron chi connectivity index (χ3n) is 2.52. The van der Waals surface area contributed by atoms with Gasteiger partial charge in [-0.3, -0.25) is 4.79 Å². The Morgan fingerprint density at radius 2 is 2.35 bits per heavy atom. The van der Waals surface area contributed by atoms with Crippen LogP contribution in [0.3, 0.4) is 0 Å². The summed E-state index contributed by atoms with van der Waals surface area (Å²) in [4.78, 5) is 12.0. The van der Waals surface area contributed by atoms with Crippen LogP contribution in [0.15, 0.2) is 29.7 Å². The van der Waals surface area contributed by atoms with Gasteiger partial charge in [-0.15, -0.1) is 11.3 Å². The highest BCUT2D eigenvalue weighted by molar-refractivity contribution is 7.17. The Labute approximate surface area is 105 Å². The third kappa shape index (κ3) is 2.26. The number of nitrogens with zero attached hydrogens (tertiary/aromatic N) is 1. The van der Waals surface area contributed by atoms with Crippen LogP contribution in [0.5, 0.6) is 0 Å². The second-order valence-corrected chi connectivity index (χ2v) is 5.05. The van der Waals surface area contributed by atoms with Crippen molar-refractivity contribution in [2.75, 3.05) is 6.54 Å². The maximum Gasteiger partial charge on any atom is 0.267 e. The topological polar surface area (TPSA) is 34.0 Å². The van der Waals surface area contributed by atoms with Crippen molar-refractivity contribution in [3.63, 3.8) is 0 Å². The molecule has 1 N–H and O–H groups in total. The van der Waals surface area contributed by atoms with E-state index in [1.54, 1.807) is 11.3 Å². The Hall–Kier alpha value is -1.55. The summed E-state index contributed by atoms with van der Waals surface area (Å²) in [5.74, 6) is -0.0165. The van der Waals surface area contributed by atoms with Crippen molar-refractivity contribution in [2.24, 2.45) is 0 Å². The Bertz CT molecular complexity index is 565. The molecule has 0 aromatic carbocycles. The molecule has 2 aromatic heterocycles. The first-order valence-electron chi connectivity index (χ1n) is 5.62. The lowest BCUT2D eigenvalue weighted by Gasteiger charge is -2.09. The van der Waals surface area contributed by atoms with E-state index in [9.17, 15) is 4.79 Å². The molecule has 0 unspecified atom stereocenters. The van der Waals surface area contributed by atoms with E-state index >= 15 is 0 Å². The quantitative estimate of drug-likeness (QED) is 0.829. The molecule has 1 amide bonds. The Balaban J connectivity index is 2.49. The van der Waals surface area contributed by atoms with Gasteiger partial charge < -0.3 is 9.88 Å². The molecule has 0 aliphatic carbocycles. The van der Waals surface area contributed by atoms with Crippen molar-refractivity contribution in [3.05, 3.63) is 35.4 Å². The second kappa shape index (κ2) is 4.75. The van der Waals surface area contributed by atoms with Gasteiger partial charge in [-0.1, -0.05) is 12.2 Å². The highest BCUT2D eigenvalue weighted by Crippen LogP contribution is 2.26. The van der Waals surface area contributed by atoms with E-state index in [4.69, 9.17) is 0 Å². The molecule has 17 heavy (non-hydrogen) atoms. The van der Waals surface area contributed by atoms with Crippen LogP contribution in [-0.2, 0) is 6.54 Å². The van der Waals surface area contributed by atoms with E-state index in [-0.39, 0.29) is 5.91 Å². The van der Waals surface area contributed by atoms with Crippen LogP contribution < -0.4 is 5.32 Å². The number of thiophene rings is 1.